The van der Waals surface area contributed by atoms with Crippen LogP contribution in [0.1, 0.15) is 104 Å². The molecule has 258 valence electrons. The highest BCUT2D eigenvalue weighted by Crippen LogP contribution is 2.68. The van der Waals surface area contributed by atoms with Gasteiger partial charge in [-0.15, -0.1) is 0 Å². The molecule has 1 aromatic carbocycles. The van der Waals surface area contributed by atoms with E-state index in [4.69, 9.17) is 18.9 Å². The van der Waals surface area contributed by atoms with Crippen molar-refractivity contribution in [3.8, 4) is 17.2 Å². The summed E-state index contributed by atoms with van der Waals surface area (Å²) in [6.07, 6.45) is 13.8. The summed E-state index contributed by atoms with van der Waals surface area (Å²) in [5.74, 6) is -0.907. The number of hydrogen-bond donors (Lipinski definition) is 2. The molecule has 3 aliphatic carbocycles. The van der Waals surface area contributed by atoms with Crippen LogP contribution in [0.3, 0.4) is 0 Å². The SMILES string of the molecule is C.CC(C)=CCc1c2c(c(O)c3c1O[C@]14C(=CC5CC1C(C)(C)O[C@]4(C/C=C(/C)OC=O)C5=O)C3=O)C=C[C@@](C)(C/C=C/C(C)(C)O)O2. The summed E-state index contributed by atoms with van der Waals surface area (Å²) in [5, 5.41) is 22.0. The van der Waals surface area contributed by atoms with Gasteiger partial charge in [0.2, 0.25) is 0 Å². The number of phenolic OH excluding ortho intramolecular Hbond substituents is 1. The van der Waals surface area contributed by atoms with Gasteiger partial charge in [-0.1, -0.05) is 37.3 Å². The van der Waals surface area contributed by atoms with Gasteiger partial charge in [-0.25, -0.2) is 0 Å². The molecule has 48 heavy (non-hydrogen) atoms. The van der Waals surface area contributed by atoms with Crippen LogP contribution in [0.5, 0.6) is 17.2 Å². The van der Waals surface area contributed by atoms with Gasteiger partial charge in [-0.3, -0.25) is 14.4 Å². The highest BCUT2D eigenvalue weighted by atomic mass is 16.6. The standard InChI is InChI=1S/C38H44O9.CH4/c1-21(2)10-11-25-31-24(13-16-36(8,45-31)15-9-14-34(4,5)43)29(40)28-30(41)26-18-23-19-27-35(6,7)47-37(33(23)42,17-12-22(3)44-20-39)38(26,27)46-32(25)28;/h9-10,12-14,16,18,20,23,27,40,43H,11,15,17,19H2,1-8H3;1H4/b14-9+,22-12-;/t23?,27?,36-,37-,38-;/m1./s1. The lowest BCUT2D eigenvalue weighted by molar-refractivity contribution is -0.171. The molecule has 9 nitrogen and oxygen atoms in total. The zero-order chi connectivity index (χ0) is 34.3. The first-order chi connectivity index (χ1) is 21.9. The average Bonchev–Trinajstić information content (AvgIpc) is 3.12. The number of carbonyl (C=O) groups is 3. The minimum atomic E-state index is -1.58. The van der Waals surface area contributed by atoms with Crippen molar-refractivity contribution in [3.05, 3.63) is 70.1 Å². The zero-order valence-electron chi connectivity index (χ0n) is 28.4. The average molecular weight is 661 g/mol. The van der Waals surface area contributed by atoms with Crippen molar-refractivity contribution in [2.24, 2.45) is 11.8 Å². The minimum Gasteiger partial charge on any atom is -0.506 e. The summed E-state index contributed by atoms with van der Waals surface area (Å²) in [4.78, 5) is 40.1. The molecule has 0 radical (unpaired) electrons. The van der Waals surface area contributed by atoms with Gasteiger partial charge in [0.25, 0.3) is 6.47 Å². The fourth-order valence-electron chi connectivity index (χ4n) is 8.11. The number of aromatic hydroxyl groups is 1. The van der Waals surface area contributed by atoms with Gasteiger partial charge in [0.15, 0.2) is 22.8 Å². The van der Waals surface area contributed by atoms with E-state index in [2.05, 4.69) is 0 Å². The number of benzene rings is 1. The number of allylic oxidation sites excluding steroid dienone is 4. The number of aliphatic hydroxyl groups is 1. The summed E-state index contributed by atoms with van der Waals surface area (Å²) in [5.41, 5.74) is -3.39. The van der Waals surface area contributed by atoms with E-state index in [0.29, 0.717) is 53.9 Å². The molecule has 1 aromatic rings. The van der Waals surface area contributed by atoms with Crippen molar-refractivity contribution >= 4 is 24.1 Å². The Morgan fingerprint density at radius 2 is 1.79 bits per heavy atom. The van der Waals surface area contributed by atoms with E-state index in [-0.39, 0.29) is 42.6 Å². The van der Waals surface area contributed by atoms with Crippen LogP contribution >= 0.6 is 0 Å². The molecule has 4 bridgehead atoms. The van der Waals surface area contributed by atoms with Crippen LogP contribution in [0, 0.1) is 11.8 Å². The smallest absolute Gasteiger partial charge is 0.298 e. The Labute approximate surface area is 283 Å². The molecule has 3 aliphatic heterocycles. The van der Waals surface area contributed by atoms with Gasteiger partial charge in [-0.2, -0.15) is 0 Å². The maximum Gasteiger partial charge on any atom is 0.298 e. The fraction of sp³-hybridized carbons (Fsp3) is 0.513. The van der Waals surface area contributed by atoms with Gasteiger partial charge in [-0.05, 0) is 86.5 Å². The predicted molar refractivity (Wildman–Crippen MR) is 182 cm³/mol. The van der Waals surface area contributed by atoms with Crippen LogP contribution in [0.15, 0.2) is 53.4 Å². The van der Waals surface area contributed by atoms with Crippen molar-refractivity contribution in [2.75, 3.05) is 0 Å². The Morgan fingerprint density at radius 1 is 1.08 bits per heavy atom. The summed E-state index contributed by atoms with van der Waals surface area (Å²) in [7, 11) is 0. The van der Waals surface area contributed by atoms with Gasteiger partial charge in [0.05, 0.1) is 16.8 Å². The number of Topliss-reactive ketones (excluding diaryl/α,β-unsaturated/α-hetero) is 2. The first kappa shape index (κ1) is 35.4. The first-order valence-electron chi connectivity index (χ1n) is 16.2. The molecule has 1 spiro atoms. The Hall–Kier alpha value is -3.95. The van der Waals surface area contributed by atoms with E-state index < -0.39 is 39.7 Å². The third-order valence-corrected chi connectivity index (χ3v) is 10.2. The minimum absolute atomic E-state index is 0. The van der Waals surface area contributed by atoms with Crippen molar-refractivity contribution in [1.29, 1.82) is 0 Å². The molecule has 6 aliphatic rings. The highest BCUT2D eigenvalue weighted by molar-refractivity contribution is 6.19. The lowest BCUT2D eigenvalue weighted by Gasteiger charge is -2.56. The summed E-state index contributed by atoms with van der Waals surface area (Å²) in [6.45, 7) is 15.0. The van der Waals surface area contributed by atoms with Crippen molar-refractivity contribution in [1.82, 2.24) is 0 Å². The second kappa shape index (κ2) is 11.6. The van der Waals surface area contributed by atoms with E-state index in [9.17, 15) is 24.6 Å². The van der Waals surface area contributed by atoms with E-state index in [1.165, 1.54) is 0 Å². The number of carbonyl (C=O) groups excluding carboxylic acids is 3. The van der Waals surface area contributed by atoms with E-state index in [1.54, 1.807) is 45.1 Å². The van der Waals surface area contributed by atoms with Crippen LogP contribution in [0.4, 0.5) is 0 Å². The molecule has 0 amide bonds. The van der Waals surface area contributed by atoms with Crippen molar-refractivity contribution in [3.63, 3.8) is 0 Å². The van der Waals surface area contributed by atoms with Crippen LogP contribution in [0.2, 0.25) is 0 Å². The highest BCUT2D eigenvalue weighted by Gasteiger charge is 2.81. The summed E-state index contributed by atoms with van der Waals surface area (Å²) < 4.78 is 25.6. The molecule has 0 aromatic heterocycles. The molecular formula is C39H48O9. The number of phenols is 1. The number of fused-ring (bicyclic) bond motifs is 2. The molecule has 5 atom stereocenters. The van der Waals surface area contributed by atoms with Crippen LogP contribution in [-0.2, 0) is 25.5 Å². The molecule has 7 rings (SSSR count). The third kappa shape index (κ3) is 5.17. The normalized spacial score (nSPS) is 30.8. The third-order valence-electron chi connectivity index (χ3n) is 10.2. The topological polar surface area (TPSA) is 129 Å². The van der Waals surface area contributed by atoms with E-state index >= 15 is 0 Å². The van der Waals surface area contributed by atoms with Crippen molar-refractivity contribution < 1.29 is 43.5 Å². The molecular weight excluding hydrogens is 612 g/mol. The second-order valence-corrected chi connectivity index (χ2v) is 15.0. The predicted octanol–water partition coefficient (Wildman–Crippen LogP) is 6.89. The monoisotopic (exact) mass is 660 g/mol. The fourth-order valence-corrected chi connectivity index (χ4v) is 8.11. The van der Waals surface area contributed by atoms with Gasteiger partial charge >= 0.3 is 0 Å². The molecule has 1 saturated carbocycles. The number of ether oxygens (including phenoxy) is 4. The van der Waals surface area contributed by atoms with Crippen LogP contribution < -0.4 is 9.47 Å². The molecule has 1 saturated heterocycles. The van der Waals surface area contributed by atoms with Crippen LogP contribution in [-0.4, -0.2) is 56.3 Å². The number of hydrogen-bond acceptors (Lipinski definition) is 9. The Kier molecular flexibility index (Phi) is 8.54. The molecule has 2 unspecified atom stereocenters. The quantitative estimate of drug-likeness (QED) is 0.165. The lowest BCUT2D eigenvalue weighted by atomic mass is 9.51. The lowest BCUT2D eigenvalue weighted by Crippen LogP contribution is -2.72. The maximum absolute atomic E-state index is 14.7. The molecule has 3 heterocycles. The van der Waals surface area contributed by atoms with E-state index in [1.807, 2.05) is 52.8 Å². The molecule has 2 fully saturated rings. The zero-order valence-corrected chi connectivity index (χ0v) is 28.4. The molecule has 9 heteroatoms. The summed E-state index contributed by atoms with van der Waals surface area (Å²) >= 11 is 0. The van der Waals surface area contributed by atoms with Gasteiger partial charge in [0.1, 0.15) is 34.2 Å². The van der Waals surface area contributed by atoms with Crippen LogP contribution in [0.25, 0.3) is 6.08 Å². The maximum atomic E-state index is 14.7. The number of ketones is 2. The van der Waals surface area contributed by atoms with E-state index in [0.717, 1.165) is 5.57 Å². The largest absolute Gasteiger partial charge is 0.506 e. The Balaban J connectivity index is 0.00000451. The Bertz CT molecular complexity index is 1730. The molecule has 2 N–H and O–H groups in total. The summed E-state index contributed by atoms with van der Waals surface area (Å²) in [6, 6.07) is 0. The van der Waals surface area contributed by atoms with Gasteiger partial charge < -0.3 is 29.2 Å². The van der Waals surface area contributed by atoms with Gasteiger partial charge in [0, 0.05) is 35.8 Å². The Morgan fingerprint density at radius 3 is 2.44 bits per heavy atom. The second-order valence-electron chi connectivity index (χ2n) is 15.0. The first-order valence-corrected chi connectivity index (χ1v) is 16.2. The number of rotatable bonds is 9. The van der Waals surface area contributed by atoms with Crippen molar-refractivity contribution in [2.45, 2.75) is 117 Å².